The maximum absolute atomic E-state index is 5.09. The van der Waals surface area contributed by atoms with Gasteiger partial charge in [-0.1, -0.05) is 32.9 Å². The number of hydrogen-bond acceptors (Lipinski definition) is 3. The van der Waals surface area contributed by atoms with Crippen molar-refractivity contribution in [3.05, 3.63) is 42.2 Å². The van der Waals surface area contributed by atoms with Crippen LogP contribution < -0.4 is 0 Å². The number of aromatic nitrogens is 1. The Labute approximate surface area is 96.4 Å². The van der Waals surface area contributed by atoms with Crippen molar-refractivity contribution >= 4 is 0 Å². The average Bonchev–Trinajstić information content (AvgIpc) is 2.93. The van der Waals surface area contributed by atoms with E-state index in [0.717, 1.165) is 11.5 Å². The molecule has 2 aromatic heterocycles. The van der Waals surface area contributed by atoms with Gasteiger partial charge in [-0.05, 0) is 18.1 Å². The van der Waals surface area contributed by atoms with Crippen molar-refractivity contribution in [1.82, 2.24) is 5.16 Å². The van der Waals surface area contributed by atoms with Gasteiger partial charge in [0.2, 0.25) is 0 Å². The number of rotatable bonds is 2. The summed E-state index contributed by atoms with van der Waals surface area (Å²) >= 11 is 0. The number of nitrogens with zero attached hydrogens (tertiary/aromatic N) is 1. The smallest absolute Gasteiger partial charge is 0.124 e. The summed E-state index contributed by atoms with van der Waals surface area (Å²) in [5.74, 6) is 2.06. The third-order valence-corrected chi connectivity index (χ3v) is 2.16. The highest BCUT2D eigenvalue weighted by atomic mass is 16.5. The summed E-state index contributed by atoms with van der Waals surface area (Å²) < 4.78 is 9.72. The van der Waals surface area contributed by atoms with Crippen LogP contribution in [0.3, 0.4) is 0 Å². The van der Waals surface area contributed by atoms with Crippen LogP contribution in [0.2, 0.25) is 0 Å². The minimum absolute atomic E-state index is 0.480. The third kappa shape index (κ3) is 3.93. The molecule has 0 fully saturated rings. The molecule has 3 nitrogen and oxygen atoms in total. The highest BCUT2D eigenvalue weighted by Gasteiger charge is 1.99. The van der Waals surface area contributed by atoms with Gasteiger partial charge in [-0.2, -0.15) is 0 Å². The van der Waals surface area contributed by atoms with Gasteiger partial charge in [0.05, 0.1) is 12.0 Å². The molecule has 0 aromatic carbocycles. The second-order valence-electron chi connectivity index (χ2n) is 4.25. The molecule has 0 unspecified atom stereocenters. The van der Waals surface area contributed by atoms with Crippen LogP contribution in [0, 0.1) is 0 Å². The van der Waals surface area contributed by atoms with Gasteiger partial charge in [0.1, 0.15) is 12.0 Å². The molecule has 0 saturated carbocycles. The van der Waals surface area contributed by atoms with E-state index in [2.05, 4.69) is 37.4 Å². The lowest BCUT2D eigenvalue weighted by atomic mass is 10.1. The Hall–Kier alpha value is -1.51. The molecule has 0 aliphatic heterocycles. The Balaban J connectivity index is 0.000000160. The van der Waals surface area contributed by atoms with Crippen LogP contribution in [0.15, 0.2) is 39.7 Å². The molecule has 0 spiro atoms. The largest absolute Gasteiger partial charge is 0.469 e. The summed E-state index contributed by atoms with van der Waals surface area (Å²) in [6.07, 6.45) is 3.30. The number of furan rings is 1. The fourth-order valence-corrected chi connectivity index (χ4v) is 1.14. The second-order valence-corrected chi connectivity index (χ2v) is 4.25. The molecule has 88 valence electrons. The molecule has 16 heavy (non-hydrogen) atoms. The van der Waals surface area contributed by atoms with Gasteiger partial charge < -0.3 is 8.94 Å². The summed E-state index contributed by atoms with van der Waals surface area (Å²) in [6, 6.07) is 5.78. The van der Waals surface area contributed by atoms with E-state index in [4.69, 9.17) is 4.42 Å². The molecule has 0 atom stereocenters. The Morgan fingerprint density at radius 1 is 1.00 bits per heavy atom. The minimum atomic E-state index is 0.480. The SMILES string of the molecule is CC(C)c1ccco1.CC(C)c1ccon1. The van der Waals surface area contributed by atoms with E-state index in [1.807, 2.05) is 18.2 Å². The number of hydrogen-bond donors (Lipinski definition) is 0. The molecule has 3 heteroatoms. The topological polar surface area (TPSA) is 39.2 Å². The van der Waals surface area contributed by atoms with Crippen LogP contribution in [0.25, 0.3) is 0 Å². The van der Waals surface area contributed by atoms with Crippen molar-refractivity contribution in [3.8, 4) is 0 Å². The Morgan fingerprint density at radius 2 is 1.75 bits per heavy atom. The lowest BCUT2D eigenvalue weighted by Gasteiger charge is -1.94. The standard InChI is InChI=1S/C7H10O.C6H9NO/c1-6(2)7-4-3-5-8-7;1-5(2)6-3-4-8-7-6/h3-6H,1-2H3;3-5H,1-2H3. The van der Waals surface area contributed by atoms with Crippen LogP contribution in [0.5, 0.6) is 0 Å². The molecular formula is C13H19NO2. The van der Waals surface area contributed by atoms with Gasteiger partial charge in [0.15, 0.2) is 0 Å². The molecule has 2 heterocycles. The molecule has 0 aliphatic rings. The van der Waals surface area contributed by atoms with E-state index in [-0.39, 0.29) is 0 Å². The maximum atomic E-state index is 5.09. The first-order valence-corrected chi connectivity index (χ1v) is 5.55. The third-order valence-electron chi connectivity index (χ3n) is 2.16. The quantitative estimate of drug-likeness (QED) is 0.762. The summed E-state index contributed by atoms with van der Waals surface area (Å²) in [7, 11) is 0. The van der Waals surface area contributed by atoms with Crippen molar-refractivity contribution < 1.29 is 8.94 Å². The predicted molar refractivity (Wildman–Crippen MR) is 63.4 cm³/mol. The van der Waals surface area contributed by atoms with Crippen molar-refractivity contribution in [2.45, 2.75) is 39.5 Å². The lowest BCUT2D eigenvalue weighted by Crippen LogP contribution is -1.83. The van der Waals surface area contributed by atoms with E-state index < -0.39 is 0 Å². The summed E-state index contributed by atoms with van der Waals surface area (Å²) in [5, 5.41) is 3.74. The molecule has 0 amide bonds. The zero-order valence-electron chi connectivity index (χ0n) is 10.3. The molecule has 2 rings (SSSR count). The molecule has 0 radical (unpaired) electrons. The first-order chi connectivity index (χ1) is 7.61. The van der Waals surface area contributed by atoms with Gasteiger partial charge in [-0.25, -0.2) is 0 Å². The highest BCUT2D eigenvalue weighted by molar-refractivity contribution is 5.02. The molecular weight excluding hydrogens is 202 g/mol. The van der Waals surface area contributed by atoms with E-state index in [1.165, 1.54) is 0 Å². The molecule has 2 aromatic rings. The zero-order chi connectivity index (χ0) is 12.0. The van der Waals surface area contributed by atoms with Crippen LogP contribution in [-0.4, -0.2) is 5.16 Å². The van der Waals surface area contributed by atoms with Crippen molar-refractivity contribution in [1.29, 1.82) is 0 Å². The van der Waals surface area contributed by atoms with Gasteiger partial charge in [0, 0.05) is 12.0 Å². The molecule has 0 aliphatic carbocycles. The Kier molecular flexibility index (Phi) is 4.83. The summed E-state index contributed by atoms with van der Waals surface area (Å²) in [5.41, 5.74) is 1.02. The average molecular weight is 221 g/mol. The van der Waals surface area contributed by atoms with Gasteiger partial charge >= 0.3 is 0 Å². The first-order valence-electron chi connectivity index (χ1n) is 5.55. The van der Waals surface area contributed by atoms with Gasteiger partial charge in [0.25, 0.3) is 0 Å². The Morgan fingerprint density at radius 3 is 2.00 bits per heavy atom. The fraction of sp³-hybridized carbons (Fsp3) is 0.462. The molecule has 0 bridgehead atoms. The minimum Gasteiger partial charge on any atom is -0.469 e. The van der Waals surface area contributed by atoms with E-state index in [0.29, 0.717) is 11.8 Å². The second kappa shape index (κ2) is 6.16. The summed E-state index contributed by atoms with van der Waals surface area (Å²) in [6.45, 7) is 8.38. The van der Waals surface area contributed by atoms with Crippen LogP contribution in [-0.2, 0) is 0 Å². The molecule has 0 N–H and O–H groups in total. The maximum Gasteiger partial charge on any atom is 0.124 e. The van der Waals surface area contributed by atoms with Gasteiger partial charge in [-0.15, -0.1) is 0 Å². The van der Waals surface area contributed by atoms with Crippen LogP contribution in [0.1, 0.15) is 51.0 Å². The normalized spacial score (nSPS) is 10.4. The monoisotopic (exact) mass is 221 g/mol. The van der Waals surface area contributed by atoms with Gasteiger partial charge in [-0.3, -0.25) is 0 Å². The first kappa shape index (κ1) is 12.6. The highest BCUT2D eigenvalue weighted by Crippen LogP contribution is 2.12. The predicted octanol–water partition coefficient (Wildman–Crippen LogP) is 4.20. The van der Waals surface area contributed by atoms with Crippen molar-refractivity contribution in [3.63, 3.8) is 0 Å². The van der Waals surface area contributed by atoms with Crippen molar-refractivity contribution in [2.24, 2.45) is 0 Å². The van der Waals surface area contributed by atoms with E-state index >= 15 is 0 Å². The van der Waals surface area contributed by atoms with E-state index in [1.54, 1.807) is 12.5 Å². The zero-order valence-corrected chi connectivity index (χ0v) is 10.3. The van der Waals surface area contributed by atoms with Crippen molar-refractivity contribution in [2.75, 3.05) is 0 Å². The molecule has 0 saturated heterocycles. The van der Waals surface area contributed by atoms with Crippen LogP contribution >= 0.6 is 0 Å². The van der Waals surface area contributed by atoms with Crippen LogP contribution in [0.4, 0.5) is 0 Å². The fourth-order valence-electron chi connectivity index (χ4n) is 1.14. The lowest BCUT2D eigenvalue weighted by molar-refractivity contribution is 0.408. The summed E-state index contributed by atoms with van der Waals surface area (Å²) in [4.78, 5) is 0. The van der Waals surface area contributed by atoms with E-state index in [9.17, 15) is 0 Å². The Bertz CT molecular complexity index is 322.